The number of benzene rings is 2. The molecule has 0 amide bonds. The van der Waals surface area contributed by atoms with Crippen molar-refractivity contribution >= 4 is 0 Å². The van der Waals surface area contributed by atoms with Gasteiger partial charge < -0.3 is 14.9 Å². The first kappa shape index (κ1) is 22.5. The van der Waals surface area contributed by atoms with E-state index in [0.29, 0.717) is 18.6 Å². The number of hydrogen-bond acceptors (Lipinski definition) is 5. The normalized spacial score (nSPS) is 19.5. The molecule has 160 valence electrons. The summed E-state index contributed by atoms with van der Waals surface area (Å²) in [5, 5.41) is 28.2. The largest absolute Gasteiger partial charge is 0.395 e. The summed E-state index contributed by atoms with van der Waals surface area (Å²) in [7, 11) is 0. The molecule has 1 saturated heterocycles. The van der Waals surface area contributed by atoms with E-state index in [9.17, 15) is 10.2 Å². The Morgan fingerprint density at radius 3 is 2.67 bits per heavy atom. The Hall–Kier alpha value is -2.23. The molecule has 1 aliphatic rings. The van der Waals surface area contributed by atoms with Gasteiger partial charge in [-0.1, -0.05) is 36.4 Å². The van der Waals surface area contributed by atoms with Crippen LogP contribution in [0.25, 0.3) is 11.1 Å². The molecule has 5 nitrogen and oxygen atoms in total. The first-order valence-electron chi connectivity index (χ1n) is 10.9. The Balaban J connectivity index is 1.32. The fourth-order valence-corrected chi connectivity index (χ4v) is 4.01. The predicted octanol–water partition coefficient (Wildman–Crippen LogP) is 3.73. The lowest BCUT2D eigenvalue weighted by Gasteiger charge is -2.36. The first-order valence-corrected chi connectivity index (χ1v) is 10.9. The molecule has 2 aromatic carbocycles. The second-order valence-corrected chi connectivity index (χ2v) is 8.05. The zero-order chi connectivity index (χ0) is 21.2. The van der Waals surface area contributed by atoms with Crippen molar-refractivity contribution in [2.24, 2.45) is 0 Å². The zero-order valence-electron chi connectivity index (χ0n) is 17.5. The summed E-state index contributed by atoms with van der Waals surface area (Å²) in [6.07, 6.45) is 4.45. The molecule has 0 spiro atoms. The van der Waals surface area contributed by atoms with Crippen LogP contribution in [-0.4, -0.2) is 53.6 Å². The average molecular weight is 409 g/mol. The van der Waals surface area contributed by atoms with E-state index in [-0.39, 0.29) is 18.8 Å². The Labute approximate surface area is 179 Å². The lowest BCUT2D eigenvalue weighted by molar-refractivity contribution is 0.0160. The molecule has 2 aromatic rings. The molecular formula is C25H32N2O3. The third-order valence-corrected chi connectivity index (χ3v) is 5.80. The van der Waals surface area contributed by atoms with Gasteiger partial charge in [0.2, 0.25) is 0 Å². The van der Waals surface area contributed by atoms with Gasteiger partial charge in [0.1, 0.15) is 0 Å². The summed E-state index contributed by atoms with van der Waals surface area (Å²) in [6.45, 7) is 3.33. The quantitative estimate of drug-likeness (QED) is 0.586. The topological polar surface area (TPSA) is 76.7 Å². The summed E-state index contributed by atoms with van der Waals surface area (Å²) < 4.78 is 5.82. The van der Waals surface area contributed by atoms with E-state index in [1.165, 1.54) is 0 Å². The number of piperidine rings is 1. The predicted molar refractivity (Wildman–Crippen MR) is 118 cm³/mol. The third kappa shape index (κ3) is 6.65. The molecule has 0 aromatic heterocycles. The Bertz CT molecular complexity index is 816. The van der Waals surface area contributed by atoms with Crippen molar-refractivity contribution in [3.05, 3.63) is 59.7 Å². The molecule has 1 heterocycles. The zero-order valence-corrected chi connectivity index (χ0v) is 17.5. The monoisotopic (exact) mass is 408 g/mol. The number of unbranched alkanes of at least 4 members (excludes halogenated alkanes) is 2. The highest BCUT2D eigenvalue weighted by Crippen LogP contribution is 2.21. The summed E-state index contributed by atoms with van der Waals surface area (Å²) in [5.41, 5.74) is 3.97. The third-order valence-electron chi connectivity index (χ3n) is 5.80. The molecule has 30 heavy (non-hydrogen) atoms. The van der Waals surface area contributed by atoms with Gasteiger partial charge >= 0.3 is 0 Å². The number of rotatable bonds is 10. The van der Waals surface area contributed by atoms with Crippen LogP contribution < -0.4 is 0 Å². The Morgan fingerprint density at radius 1 is 1.07 bits per heavy atom. The standard InChI is InChI=1S/C25H32N2O3/c26-17-21-5-4-6-23(15-21)22-9-7-20(8-10-22)19-30-14-3-1-2-12-27-13-11-25(29)16-24(27)18-28/h4-10,15,24-25,28-29H,1-3,11-14,16,18-19H2. The molecule has 1 fully saturated rings. The maximum absolute atomic E-state index is 9.72. The van der Waals surface area contributed by atoms with Crippen molar-refractivity contribution in [1.29, 1.82) is 5.26 Å². The van der Waals surface area contributed by atoms with Crippen LogP contribution >= 0.6 is 0 Å². The molecule has 2 atom stereocenters. The van der Waals surface area contributed by atoms with Crippen molar-refractivity contribution in [1.82, 2.24) is 4.90 Å². The van der Waals surface area contributed by atoms with Crippen LogP contribution in [0, 0.1) is 11.3 Å². The van der Waals surface area contributed by atoms with Crippen molar-refractivity contribution in [3.8, 4) is 17.2 Å². The lowest BCUT2D eigenvalue weighted by atomic mass is 9.99. The van der Waals surface area contributed by atoms with Crippen molar-refractivity contribution in [2.45, 2.75) is 50.9 Å². The van der Waals surface area contributed by atoms with Gasteiger partial charge in [-0.3, -0.25) is 4.90 Å². The van der Waals surface area contributed by atoms with Gasteiger partial charge in [-0.05, 0) is 67.5 Å². The van der Waals surface area contributed by atoms with Crippen LogP contribution in [0.1, 0.15) is 43.2 Å². The van der Waals surface area contributed by atoms with Crippen LogP contribution in [0.2, 0.25) is 0 Å². The molecule has 5 heteroatoms. The second-order valence-electron chi connectivity index (χ2n) is 8.05. The van der Waals surface area contributed by atoms with Crippen LogP contribution in [0.5, 0.6) is 0 Å². The first-order chi connectivity index (χ1) is 14.7. The van der Waals surface area contributed by atoms with Crippen LogP contribution in [0.4, 0.5) is 0 Å². The number of ether oxygens (including phenoxy) is 1. The molecule has 0 bridgehead atoms. The van der Waals surface area contributed by atoms with E-state index in [0.717, 1.165) is 62.1 Å². The van der Waals surface area contributed by atoms with Crippen molar-refractivity contribution in [3.63, 3.8) is 0 Å². The van der Waals surface area contributed by atoms with Gasteiger partial charge in [-0.2, -0.15) is 5.26 Å². The number of likely N-dealkylation sites (tertiary alicyclic amines) is 1. The highest BCUT2D eigenvalue weighted by molar-refractivity contribution is 5.65. The van der Waals surface area contributed by atoms with Crippen molar-refractivity contribution in [2.75, 3.05) is 26.3 Å². The summed E-state index contributed by atoms with van der Waals surface area (Å²) in [6, 6.07) is 18.2. The van der Waals surface area contributed by atoms with Gasteiger partial charge in [0, 0.05) is 19.2 Å². The molecule has 0 radical (unpaired) electrons. The van der Waals surface area contributed by atoms with Gasteiger partial charge in [-0.25, -0.2) is 0 Å². The van der Waals surface area contributed by atoms with E-state index in [1.54, 1.807) is 0 Å². The minimum atomic E-state index is -0.261. The SMILES string of the molecule is N#Cc1cccc(-c2ccc(COCCCCCN3CCC(O)CC3CO)cc2)c1. The molecule has 2 N–H and O–H groups in total. The molecule has 0 aliphatic carbocycles. The van der Waals surface area contributed by atoms with E-state index >= 15 is 0 Å². The number of hydrogen-bond donors (Lipinski definition) is 2. The van der Waals surface area contributed by atoms with E-state index < -0.39 is 0 Å². The van der Waals surface area contributed by atoms with Crippen molar-refractivity contribution < 1.29 is 14.9 Å². The van der Waals surface area contributed by atoms with Crippen LogP contribution in [0.3, 0.4) is 0 Å². The minimum absolute atomic E-state index is 0.107. The fourth-order valence-electron chi connectivity index (χ4n) is 4.01. The van der Waals surface area contributed by atoms with Crippen LogP contribution in [0.15, 0.2) is 48.5 Å². The van der Waals surface area contributed by atoms with Crippen LogP contribution in [-0.2, 0) is 11.3 Å². The van der Waals surface area contributed by atoms with Gasteiger partial charge in [0.15, 0.2) is 0 Å². The average Bonchev–Trinajstić information content (AvgIpc) is 2.79. The molecule has 1 aliphatic heterocycles. The Kier molecular flexibility index (Phi) is 8.85. The molecule has 0 saturated carbocycles. The molecule has 2 unspecified atom stereocenters. The fraction of sp³-hybridized carbons (Fsp3) is 0.480. The maximum Gasteiger partial charge on any atom is 0.0991 e. The molecular weight excluding hydrogens is 376 g/mol. The number of nitrogens with zero attached hydrogens (tertiary/aromatic N) is 2. The summed E-state index contributed by atoms with van der Waals surface area (Å²) in [4.78, 5) is 2.31. The lowest BCUT2D eigenvalue weighted by Crippen LogP contribution is -2.46. The van der Waals surface area contributed by atoms with Gasteiger partial charge in [-0.15, -0.1) is 0 Å². The number of nitriles is 1. The molecule has 3 rings (SSSR count). The van der Waals surface area contributed by atoms with Gasteiger partial charge in [0.05, 0.1) is 31.0 Å². The smallest absolute Gasteiger partial charge is 0.0991 e. The highest BCUT2D eigenvalue weighted by Gasteiger charge is 2.26. The van der Waals surface area contributed by atoms with E-state index in [2.05, 4.69) is 35.2 Å². The second kappa shape index (κ2) is 11.8. The maximum atomic E-state index is 9.72. The van der Waals surface area contributed by atoms with E-state index in [1.807, 2.05) is 24.3 Å². The van der Waals surface area contributed by atoms with E-state index in [4.69, 9.17) is 10.00 Å². The minimum Gasteiger partial charge on any atom is -0.395 e. The summed E-state index contributed by atoms with van der Waals surface area (Å²) >= 11 is 0. The summed E-state index contributed by atoms with van der Waals surface area (Å²) in [5.74, 6) is 0. The number of aliphatic hydroxyl groups excluding tert-OH is 2. The Morgan fingerprint density at radius 2 is 1.90 bits per heavy atom. The van der Waals surface area contributed by atoms with Gasteiger partial charge in [0.25, 0.3) is 0 Å². The number of aliphatic hydroxyl groups is 2. The highest BCUT2D eigenvalue weighted by atomic mass is 16.5.